The normalized spacial score (nSPS) is 18.9. The van der Waals surface area contributed by atoms with Gasteiger partial charge in [0.25, 0.3) is 0 Å². The van der Waals surface area contributed by atoms with Crippen LogP contribution in [0.15, 0.2) is 18.2 Å². The molecule has 2 aliphatic rings. The molecule has 5 heteroatoms. The van der Waals surface area contributed by atoms with E-state index in [0.29, 0.717) is 0 Å². The lowest BCUT2D eigenvalue weighted by molar-refractivity contribution is -0.120. The second-order valence-corrected chi connectivity index (χ2v) is 4.86. The number of amides is 1. The van der Waals surface area contributed by atoms with Crippen LogP contribution in [0.4, 0.5) is 5.69 Å². The number of benzene rings is 1. The third-order valence-electron chi connectivity index (χ3n) is 3.64. The number of carbonyl (C=O) groups is 1. The molecule has 0 atom stereocenters. The smallest absolute Gasteiger partial charge is 0.247 e. The number of methoxy groups -OCH3 is 1. The number of carbonyl (C=O) groups excluding carboxylic acids is 1. The highest BCUT2D eigenvalue weighted by atomic mass is 35.5. The molecule has 1 aliphatic heterocycles. The molecule has 0 saturated heterocycles. The zero-order chi connectivity index (χ0) is 12.0. The zero-order valence-electron chi connectivity index (χ0n) is 10.3. The van der Waals surface area contributed by atoms with Crippen LogP contribution in [0.1, 0.15) is 18.4 Å². The average molecular weight is 269 g/mol. The van der Waals surface area contributed by atoms with Crippen molar-refractivity contribution < 1.29 is 9.53 Å². The molecular formula is C13H17ClN2O2. The molecule has 1 aliphatic carbocycles. The van der Waals surface area contributed by atoms with Gasteiger partial charge in [-0.25, -0.2) is 0 Å². The van der Waals surface area contributed by atoms with Gasteiger partial charge in [-0.3, -0.25) is 4.79 Å². The van der Waals surface area contributed by atoms with Gasteiger partial charge in [0, 0.05) is 12.2 Å². The van der Waals surface area contributed by atoms with E-state index in [4.69, 9.17) is 10.5 Å². The van der Waals surface area contributed by atoms with E-state index in [0.717, 1.165) is 37.2 Å². The van der Waals surface area contributed by atoms with Crippen molar-refractivity contribution in [1.82, 2.24) is 0 Å². The molecule has 1 heterocycles. The minimum absolute atomic E-state index is 0. The quantitative estimate of drug-likeness (QED) is 0.884. The Morgan fingerprint density at radius 2 is 2.17 bits per heavy atom. The number of fused-ring (bicyclic) bond motifs is 1. The summed E-state index contributed by atoms with van der Waals surface area (Å²) in [7, 11) is 1.65. The lowest BCUT2D eigenvalue weighted by Gasteiger charge is -2.21. The first-order valence-corrected chi connectivity index (χ1v) is 5.92. The predicted molar refractivity (Wildman–Crippen MR) is 72.5 cm³/mol. The summed E-state index contributed by atoms with van der Waals surface area (Å²) in [6.07, 6.45) is 2.51. The van der Waals surface area contributed by atoms with Gasteiger partial charge in [-0.1, -0.05) is 0 Å². The Morgan fingerprint density at radius 1 is 1.44 bits per heavy atom. The second kappa shape index (κ2) is 4.44. The average Bonchev–Trinajstić information content (AvgIpc) is 2.96. The van der Waals surface area contributed by atoms with Gasteiger partial charge < -0.3 is 15.4 Å². The molecule has 18 heavy (non-hydrogen) atoms. The summed E-state index contributed by atoms with van der Waals surface area (Å²) in [6.45, 7) is 0.736. The summed E-state index contributed by atoms with van der Waals surface area (Å²) < 4.78 is 5.19. The highest BCUT2D eigenvalue weighted by Crippen LogP contribution is 2.39. The van der Waals surface area contributed by atoms with Crippen LogP contribution in [0, 0.1) is 0 Å². The van der Waals surface area contributed by atoms with Gasteiger partial charge in [0.1, 0.15) is 5.75 Å². The third kappa shape index (κ3) is 1.95. The molecule has 1 aromatic carbocycles. The summed E-state index contributed by atoms with van der Waals surface area (Å²) in [5.41, 5.74) is 7.55. The van der Waals surface area contributed by atoms with E-state index < -0.39 is 5.54 Å². The maximum absolute atomic E-state index is 12.2. The Kier molecular flexibility index (Phi) is 3.25. The van der Waals surface area contributed by atoms with E-state index in [9.17, 15) is 4.79 Å². The number of halogens is 1. The van der Waals surface area contributed by atoms with Gasteiger partial charge in [-0.15, -0.1) is 12.4 Å². The maximum atomic E-state index is 12.2. The Hall–Kier alpha value is -1.26. The number of hydrogen-bond acceptors (Lipinski definition) is 3. The maximum Gasteiger partial charge on any atom is 0.247 e. The molecule has 0 aromatic heterocycles. The SMILES string of the molecule is COc1ccc2c(c1)CCN2C(=O)C1(N)CC1.Cl. The van der Waals surface area contributed by atoms with Crippen molar-refractivity contribution in [2.24, 2.45) is 5.73 Å². The molecule has 1 amide bonds. The molecular weight excluding hydrogens is 252 g/mol. The molecule has 1 saturated carbocycles. The van der Waals surface area contributed by atoms with Gasteiger partial charge in [-0.2, -0.15) is 0 Å². The largest absolute Gasteiger partial charge is 0.497 e. The van der Waals surface area contributed by atoms with Crippen LogP contribution in [0.25, 0.3) is 0 Å². The standard InChI is InChI=1S/C13H16N2O2.ClH/c1-17-10-2-3-11-9(8-10)4-7-15(11)12(16)13(14)5-6-13;/h2-3,8H,4-7,14H2,1H3;1H. The van der Waals surface area contributed by atoms with Crippen molar-refractivity contribution in [3.8, 4) is 5.75 Å². The summed E-state index contributed by atoms with van der Waals surface area (Å²) in [6, 6.07) is 5.84. The van der Waals surface area contributed by atoms with E-state index >= 15 is 0 Å². The van der Waals surface area contributed by atoms with E-state index in [2.05, 4.69) is 0 Å². The number of nitrogens with zero attached hydrogens (tertiary/aromatic N) is 1. The molecule has 98 valence electrons. The third-order valence-corrected chi connectivity index (χ3v) is 3.64. The fourth-order valence-corrected chi connectivity index (χ4v) is 2.33. The van der Waals surface area contributed by atoms with Crippen molar-refractivity contribution in [3.63, 3.8) is 0 Å². The fraction of sp³-hybridized carbons (Fsp3) is 0.462. The van der Waals surface area contributed by atoms with Crippen molar-refractivity contribution >= 4 is 24.0 Å². The number of hydrogen-bond donors (Lipinski definition) is 1. The van der Waals surface area contributed by atoms with Gasteiger partial charge in [0.2, 0.25) is 5.91 Å². The van der Waals surface area contributed by atoms with Crippen LogP contribution in [0.2, 0.25) is 0 Å². The Bertz CT molecular complexity index is 486. The molecule has 3 rings (SSSR count). The van der Waals surface area contributed by atoms with Crippen molar-refractivity contribution in [3.05, 3.63) is 23.8 Å². The Morgan fingerprint density at radius 3 is 2.78 bits per heavy atom. The number of anilines is 1. The van der Waals surface area contributed by atoms with E-state index in [-0.39, 0.29) is 18.3 Å². The van der Waals surface area contributed by atoms with Crippen LogP contribution in [-0.2, 0) is 11.2 Å². The van der Waals surface area contributed by atoms with Gasteiger partial charge >= 0.3 is 0 Å². The van der Waals surface area contributed by atoms with Gasteiger partial charge in [0.15, 0.2) is 0 Å². The molecule has 1 fully saturated rings. The van der Waals surface area contributed by atoms with Crippen LogP contribution >= 0.6 is 12.4 Å². The molecule has 0 unspecified atom stereocenters. The highest BCUT2D eigenvalue weighted by molar-refractivity contribution is 6.03. The highest BCUT2D eigenvalue weighted by Gasteiger charge is 2.49. The molecule has 2 N–H and O–H groups in total. The predicted octanol–water partition coefficient (Wildman–Crippen LogP) is 1.50. The summed E-state index contributed by atoms with van der Waals surface area (Å²) in [4.78, 5) is 14.0. The van der Waals surface area contributed by atoms with Gasteiger partial charge in [0.05, 0.1) is 12.6 Å². The first-order chi connectivity index (χ1) is 8.14. The van der Waals surface area contributed by atoms with Crippen molar-refractivity contribution in [2.75, 3.05) is 18.6 Å². The first-order valence-electron chi connectivity index (χ1n) is 5.92. The Balaban J connectivity index is 0.00000120. The van der Waals surface area contributed by atoms with Crippen LogP contribution < -0.4 is 15.4 Å². The lowest BCUT2D eigenvalue weighted by atomic mass is 10.1. The first kappa shape index (κ1) is 13.2. The van der Waals surface area contributed by atoms with Crippen molar-refractivity contribution in [2.45, 2.75) is 24.8 Å². The molecule has 0 spiro atoms. The number of ether oxygens (including phenoxy) is 1. The number of rotatable bonds is 2. The minimum atomic E-state index is -0.582. The Labute approximate surface area is 113 Å². The number of nitrogens with two attached hydrogens (primary N) is 1. The van der Waals surface area contributed by atoms with E-state index in [1.54, 1.807) is 7.11 Å². The van der Waals surface area contributed by atoms with E-state index in [1.807, 2.05) is 23.1 Å². The van der Waals surface area contributed by atoms with Crippen molar-refractivity contribution in [1.29, 1.82) is 0 Å². The summed E-state index contributed by atoms with van der Waals surface area (Å²) in [5, 5.41) is 0. The fourth-order valence-electron chi connectivity index (χ4n) is 2.33. The van der Waals surface area contributed by atoms with E-state index in [1.165, 1.54) is 5.56 Å². The molecule has 0 bridgehead atoms. The summed E-state index contributed by atoms with van der Waals surface area (Å²) >= 11 is 0. The molecule has 4 nitrogen and oxygen atoms in total. The molecule has 1 aromatic rings. The topological polar surface area (TPSA) is 55.6 Å². The van der Waals surface area contributed by atoms with Crippen LogP contribution in [0.5, 0.6) is 5.75 Å². The van der Waals surface area contributed by atoms with Gasteiger partial charge in [-0.05, 0) is 43.0 Å². The minimum Gasteiger partial charge on any atom is -0.497 e. The summed E-state index contributed by atoms with van der Waals surface area (Å²) in [5.74, 6) is 0.911. The lowest BCUT2D eigenvalue weighted by Crippen LogP contribution is -2.45. The van der Waals surface area contributed by atoms with Crippen LogP contribution in [0.3, 0.4) is 0 Å². The molecule has 0 radical (unpaired) electrons. The van der Waals surface area contributed by atoms with Crippen LogP contribution in [-0.4, -0.2) is 25.1 Å². The second-order valence-electron chi connectivity index (χ2n) is 4.86. The zero-order valence-corrected chi connectivity index (χ0v) is 11.1. The monoisotopic (exact) mass is 268 g/mol.